The van der Waals surface area contributed by atoms with Crippen LogP contribution in [-0.2, 0) is 6.54 Å². The van der Waals surface area contributed by atoms with Gasteiger partial charge in [-0.1, -0.05) is 11.6 Å². The summed E-state index contributed by atoms with van der Waals surface area (Å²) < 4.78 is 5.68. The fourth-order valence-electron chi connectivity index (χ4n) is 5.28. The first-order valence-corrected chi connectivity index (χ1v) is 14.3. The normalized spacial score (nSPS) is 15.1. The topological polar surface area (TPSA) is 70.6 Å². The largest absolute Gasteiger partial charge is 0.494 e. The molecule has 7 nitrogen and oxygen atoms in total. The zero-order valence-electron chi connectivity index (χ0n) is 23.5. The highest BCUT2D eigenvalue weighted by atomic mass is 35.5. The summed E-state index contributed by atoms with van der Waals surface area (Å²) in [6.45, 7) is 12.4. The molecule has 4 rings (SSSR count). The maximum Gasteiger partial charge on any atom is 0.254 e. The number of halogens is 1. The first kappa shape index (κ1) is 28.8. The number of nitrogens with zero attached hydrogens (tertiary/aromatic N) is 4. The lowest BCUT2D eigenvalue weighted by atomic mass is 9.99. The number of anilines is 1. The van der Waals surface area contributed by atoms with Gasteiger partial charge in [0, 0.05) is 62.5 Å². The number of pyridine rings is 2. The number of likely N-dealkylation sites (tertiary alicyclic amines) is 1. The summed E-state index contributed by atoms with van der Waals surface area (Å²) in [4.78, 5) is 26.2. The van der Waals surface area contributed by atoms with Gasteiger partial charge in [0.15, 0.2) is 0 Å². The molecule has 1 saturated heterocycles. The van der Waals surface area contributed by atoms with Crippen LogP contribution in [-0.4, -0.2) is 59.1 Å². The lowest BCUT2D eigenvalue weighted by Crippen LogP contribution is -2.48. The van der Waals surface area contributed by atoms with E-state index in [2.05, 4.69) is 69.3 Å². The Morgan fingerprint density at radius 3 is 2.51 bits per heavy atom. The Labute approximate surface area is 237 Å². The predicted octanol–water partition coefficient (Wildman–Crippen LogP) is 5.83. The molecule has 1 fully saturated rings. The van der Waals surface area contributed by atoms with Gasteiger partial charge in [0.2, 0.25) is 0 Å². The van der Waals surface area contributed by atoms with E-state index in [-0.39, 0.29) is 11.1 Å². The fourth-order valence-corrected chi connectivity index (χ4v) is 5.57. The van der Waals surface area contributed by atoms with Crippen molar-refractivity contribution in [3.8, 4) is 5.75 Å². The summed E-state index contributed by atoms with van der Waals surface area (Å²) in [6.07, 6.45) is 8.50. The van der Waals surface area contributed by atoms with Crippen LogP contribution >= 0.6 is 11.6 Å². The number of aryl methyl sites for hydroxylation is 2. The number of carbonyl (C=O) groups excluding carboxylic acids is 1. The van der Waals surface area contributed by atoms with E-state index in [0.717, 1.165) is 50.2 Å². The van der Waals surface area contributed by atoms with E-state index in [1.165, 1.54) is 16.8 Å². The van der Waals surface area contributed by atoms with Crippen molar-refractivity contribution in [1.82, 2.24) is 20.2 Å². The number of carbonyl (C=O) groups is 1. The van der Waals surface area contributed by atoms with Crippen molar-refractivity contribution in [2.75, 3.05) is 31.1 Å². The number of hydrogen-bond acceptors (Lipinski definition) is 6. The predicted molar refractivity (Wildman–Crippen MR) is 158 cm³/mol. The summed E-state index contributed by atoms with van der Waals surface area (Å²) in [6, 6.07) is 13.2. The summed E-state index contributed by atoms with van der Waals surface area (Å²) >= 11 is 6.16. The third-order valence-corrected chi connectivity index (χ3v) is 8.01. The van der Waals surface area contributed by atoms with Crippen LogP contribution in [0.3, 0.4) is 0 Å². The smallest absolute Gasteiger partial charge is 0.254 e. The molecule has 3 heterocycles. The van der Waals surface area contributed by atoms with E-state index in [4.69, 9.17) is 16.3 Å². The van der Waals surface area contributed by atoms with Gasteiger partial charge < -0.3 is 19.9 Å². The molecule has 0 bridgehead atoms. The Bertz CT molecular complexity index is 1210. The molecule has 3 aromatic rings. The molecule has 0 unspecified atom stereocenters. The molecule has 0 spiro atoms. The Kier molecular flexibility index (Phi) is 10.2. The highest BCUT2D eigenvalue weighted by Gasteiger charge is 2.28. The van der Waals surface area contributed by atoms with E-state index in [1.807, 2.05) is 26.2 Å². The lowest BCUT2D eigenvalue weighted by molar-refractivity contribution is 0.0944. The second kappa shape index (κ2) is 13.8. The van der Waals surface area contributed by atoms with Crippen LogP contribution in [0.5, 0.6) is 5.75 Å². The first-order valence-electron chi connectivity index (χ1n) is 13.9. The summed E-state index contributed by atoms with van der Waals surface area (Å²) in [7, 11) is 0. The van der Waals surface area contributed by atoms with Crippen LogP contribution < -0.4 is 15.0 Å². The van der Waals surface area contributed by atoms with Crippen LogP contribution in [0.1, 0.15) is 60.2 Å². The zero-order valence-corrected chi connectivity index (χ0v) is 24.2. The van der Waals surface area contributed by atoms with Crippen LogP contribution in [0.2, 0.25) is 5.15 Å². The molecule has 1 aliphatic rings. The van der Waals surface area contributed by atoms with Gasteiger partial charge in [-0.2, -0.15) is 0 Å². The number of amides is 1. The van der Waals surface area contributed by atoms with E-state index in [1.54, 1.807) is 12.3 Å². The molecular weight excluding hydrogens is 510 g/mol. The van der Waals surface area contributed by atoms with Crippen LogP contribution in [0.15, 0.2) is 55.0 Å². The van der Waals surface area contributed by atoms with Crippen molar-refractivity contribution in [2.45, 2.75) is 65.6 Å². The number of aromatic nitrogens is 2. The minimum Gasteiger partial charge on any atom is -0.494 e. The van der Waals surface area contributed by atoms with Gasteiger partial charge in [0.05, 0.1) is 12.2 Å². The van der Waals surface area contributed by atoms with Crippen molar-refractivity contribution in [1.29, 1.82) is 0 Å². The Morgan fingerprint density at radius 1 is 1.13 bits per heavy atom. The molecule has 1 N–H and O–H groups in total. The van der Waals surface area contributed by atoms with Gasteiger partial charge in [-0.3, -0.25) is 9.78 Å². The average Bonchev–Trinajstić information content (AvgIpc) is 2.93. The molecule has 1 amide bonds. The van der Waals surface area contributed by atoms with Crippen molar-refractivity contribution in [3.63, 3.8) is 0 Å². The lowest BCUT2D eigenvalue weighted by Gasteiger charge is -2.42. The van der Waals surface area contributed by atoms with Crippen molar-refractivity contribution < 1.29 is 9.53 Å². The number of hydrogen-bond donors (Lipinski definition) is 1. The number of nitrogens with one attached hydrogen (secondary N) is 1. The Balaban J connectivity index is 1.35. The molecule has 39 heavy (non-hydrogen) atoms. The molecule has 0 saturated carbocycles. The first-order chi connectivity index (χ1) is 18.9. The molecule has 208 valence electrons. The third-order valence-electron chi connectivity index (χ3n) is 7.72. The maximum atomic E-state index is 12.7. The fraction of sp³-hybridized carbons (Fsp3) is 0.452. The minimum absolute atomic E-state index is 0.159. The van der Waals surface area contributed by atoms with Crippen LogP contribution in [0.4, 0.5) is 5.69 Å². The third kappa shape index (κ3) is 7.49. The monoisotopic (exact) mass is 549 g/mol. The van der Waals surface area contributed by atoms with E-state index >= 15 is 0 Å². The second-order valence-electron chi connectivity index (χ2n) is 10.3. The van der Waals surface area contributed by atoms with Crippen LogP contribution in [0, 0.1) is 13.8 Å². The van der Waals surface area contributed by atoms with Crippen LogP contribution in [0.25, 0.3) is 0 Å². The van der Waals surface area contributed by atoms with Gasteiger partial charge in [0.1, 0.15) is 10.9 Å². The average molecular weight is 550 g/mol. The minimum atomic E-state index is -0.159. The van der Waals surface area contributed by atoms with Gasteiger partial charge >= 0.3 is 0 Å². The standard InChI is InChI=1S/C31H40ClN5O2/c1-5-39-28-8-6-26(7-9-28)37(21-25-20-33-15-10-22(25)2)27-13-18-36(19-14-27)24(4)12-17-35-31(38)29-23(3)11-16-34-30(29)32/h6-11,15-16,20,24,27H,5,12-14,17-19,21H2,1-4H3,(H,35,38)/t24-/m1/s1. The molecule has 1 aromatic carbocycles. The van der Waals surface area contributed by atoms with Gasteiger partial charge in [-0.25, -0.2) is 4.98 Å². The summed E-state index contributed by atoms with van der Waals surface area (Å²) in [5.41, 5.74) is 5.02. The number of ether oxygens (including phenoxy) is 1. The molecule has 0 radical (unpaired) electrons. The van der Waals surface area contributed by atoms with E-state index < -0.39 is 0 Å². The quantitative estimate of drug-likeness (QED) is 0.304. The molecular formula is C31H40ClN5O2. The molecule has 0 aliphatic carbocycles. The van der Waals surface area contributed by atoms with Gasteiger partial charge in [-0.05, 0) is 100 Å². The van der Waals surface area contributed by atoms with Crippen molar-refractivity contribution >= 4 is 23.2 Å². The number of benzene rings is 1. The van der Waals surface area contributed by atoms with Gasteiger partial charge in [-0.15, -0.1) is 0 Å². The molecule has 8 heteroatoms. The zero-order chi connectivity index (χ0) is 27.8. The van der Waals surface area contributed by atoms with Gasteiger partial charge in [0.25, 0.3) is 5.91 Å². The Morgan fingerprint density at radius 2 is 1.85 bits per heavy atom. The number of rotatable bonds is 11. The van der Waals surface area contributed by atoms with Crippen molar-refractivity contribution in [3.05, 3.63) is 82.4 Å². The summed E-state index contributed by atoms with van der Waals surface area (Å²) in [5, 5.41) is 3.28. The Hall–Kier alpha value is -3.16. The summed E-state index contributed by atoms with van der Waals surface area (Å²) in [5.74, 6) is 0.739. The molecule has 1 aliphatic heterocycles. The van der Waals surface area contributed by atoms with E-state index in [0.29, 0.717) is 30.8 Å². The second-order valence-corrected chi connectivity index (χ2v) is 10.7. The molecule has 1 atom stereocenters. The highest BCUT2D eigenvalue weighted by Crippen LogP contribution is 2.29. The highest BCUT2D eigenvalue weighted by molar-refractivity contribution is 6.32. The molecule has 2 aromatic heterocycles. The number of piperidine rings is 1. The SMILES string of the molecule is CCOc1ccc(N(Cc2cnccc2C)C2CCN([C@H](C)CCNC(=O)c3c(C)ccnc3Cl)CC2)cc1. The van der Waals surface area contributed by atoms with E-state index in [9.17, 15) is 4.79 Å². The maximum absolute atomic E-state index is 12.7. The van der Waals surface area contributed by atoms with Crippen molar-refractivity contribution in [2.24, 2.45) is 0 Å².